The Kier molecular flexibility index (Phi) is 3.66. The molecular weight excluding hydrogens is 338 g/mol. The van der Waals surface area contributed by atoms with Crippen LogP contribution in [0.1, 0.15) is 20.2 Å². The van der Waals surface area contributed by atoms with Crippen LogP contribution in [-0.2, 0) is 0 Å². The second-order valence-corrected chi connectivity index (χ2v) is 6.48. The van der Waals surface area contributed by atoms with Gasteiger partial charge in [0.25, 0.3) is 0 Å². The van der Waals surface area contributed by atoms with Gasteiger partial charge in [-0.1, -0.05) is 24.3 Å². The molecule has 6 heteroatoms. The van der Waals surface area contributed by atoms with Crippen LogP contribution < -0.4 is 4.74 Å². The fraction of sp³-hybridized carbons (Fsp3) is 0. The maximum atomic E-state index is 12.3. The molecule has 0 unspecified atom stereocenters. The molecule has 2 aromatic heterocycles. The minimum atomic E-state index is -0.972. The maximum Gasteiger partial charge on any atom is 0.362 e. The number of para-hydroxylation sites is 1. The molecule has 2 heterocycles. The minimum Gasteiger partial charge on any atom is -0.477 e. The van der Waals surface area contributed by atoms with Gasteiger partial charge in [-0.25, -0.2) is 14.6 Å². The average molecular weight is 349 g/mol. The summed E-state index contributed by atoms with van der Waals surface area (Å²) in [5.41, 5.74) is 0.937. The van der Waals surface area contributed by atoms with Crippen molar-refractivity contribution in [3.63, 3.8) is 0 Å². The smallest absolute Gasteiger partial charge is 0.362 e. The summed E-state index contributed by atoms with van der Waals surface area (Å²) in [5, 5.41) is 10.7. The number of rotatable bonds is 3. The highest BCUT2D eigenvalue weighted by atomic mass is 32.1. The molecule has 0 atom stereocenters. The van der Waals surface area contributed by atoms with E-state index in [-0.39, 0.29) is 10.6 Å². The van der Waals surface area contributed by atoms with Gasteiger partial charge in [0.05, 0.1) is 5.52 Å². The van der Waals surface area contributed by atoms with Gasteiger partial charge in [0.1, 0.15) is 16.3 Å². The lowest BCUT2D eigenvalue weighted by Crippen LogP contribution is -2.10. The van der Waals surface area contributed by atoms with E-state index < -0.39 is 11.9 Å². The predicted octanol–water partition coefficient (Wildman–Crippen LogP) is 4.37. The van der Waals surface area contributed by atoms with Gasteiger partial charge in [-0.3, -0.25) is 0 Å². The van der Waals surface area contributed by atoms with Gasteiger partial charge in [-0.05, 0) is 41.8 Å². The number of thiophene rings is 1. The Hall–Kier alpha value is -3.25. The van der Waals surface area contributed by atoms with Crippen LogP contribution in [0, 0.1) is 0 Å². The number of carbonyl (C=O) groups is 2. The quantitative estimate of drug-likeness (QED) is 0.439. The molecule has 2 aromatic carbocycles. The van der Waals surface area contributed by atoms with Crippen molar-refractivity contribution in [1.82, 2.24) is 4.98 Å². The molecule has 5 nitrogen and oxygen atoms in total. The Morgan fingerprint density at radius 3 is 2.64 bits per heavy atom. The van der Waals surface area contributed by atoms with Crippen molar-refractivity contribution in [3.8, 4) is 5.75 Å². The van der Waals surface area contributed by atoms with E-state index in [0.717, 1.165) is 21.0 Å². The number of hydrogen-bond acceptors (Lipinski definition) is 5. The van der Waals surface area contributed by atoms with Gasteiger partial charge < -0.3 is 9.84 Å². The highest BCUT2D eigenvalue weighted by Crippen LogP contribution is 2.29. The Balaban J connectivity index is 1.62. The molecule has 0 fully saturated rings. The first-order valence-corrected chi connectivity index (χ1v) is 8.27. The lowest BCUT2D eigenvalue weighted by atomic mass is 10.2. The number of carboxylic acid groups (broad SMARTS) is 1. The third-order valence-electron chi connectivity index (χ3n) is 3.72. The lowest BCUT2D eigenvalue weighted by Gasteiger charge is -2.05. The van der Waals surface area contributed by atoms with Crippen LogP contribution in [-0.4, -0.2) is 22.0 Å². The van der Waals surface area contributed by atoms with Crippen LogP contribution in [0.2, 0.25) is 0 Å². The molecule has 0 saturated carbocycles. The lowest BCUT2D eigenvalue weighted by molar-refractivity contribution is 0.0698. The first-order valence-electron chi connectivity index (χ1n) is 7.45. The molecular formula is C19H11NO4S. The molecule has 25 heavy (non-hydrogen) atoms. The summed E-state index contributed by atoms with van der Waals surface area (Å²) >= 11 is 1.18. The molecule has 0 aliphatic heterocycles. The van der Waals surface area contributed by atoms with Crippen LogP contribution in [0.15, 0.2) is 60.7 Å². The normalized spacial score (nSPS) is 10.9. The number of hydrogen-bond donors (Lipinski definition) is 1. The van der Waals surface area contributed by atoms with Crippen molar-refractivity contribution in [2.75, 3.05) is 0 Å². The molecule has 0 aliphatic carbocycles. The van der Waals surface area contributed by atoms with Crippen molar-refractivity contribution in [2.24, 2.45) is 0 Å². The number of ether oxygens (including phenoxy) is 1. The SMILES string of the molecule is O=C(Oc1ccc2sc(C(=O)O)cc2c1)c1ccc2ccccc2n1. The highest BCUT2D eigenvalue weighted by molar-refractivity contribution is 7.20. The van der Waals surface area contributed by atoms with E-state index >= 15 is 0 Å². The molecule has 0 radical (unpaired) electrons. The van der Waals surface area contributed by atoms with E-state index in [4.69, 9.17) is 9.84 Å². The molecule has 122 valence electrons. The third-order valence-corrected chi connectivity index (χ3v) is 4.82. The van der Waals surface area contributed by atoms with Crippen LogP contribution in [0.3, 0.4) is 0 Å². The van der Waals surface area contributed by atoms with Gasteiger partial charge in [0.15, 0.2) is 0 Å². The van der Waals surface area contributed by atoms with Crippen molar-refractivity contribution in [1.29, 1.82) is 0 Å². The van der Waals surface area contributed by atoms with Gasteiger partial charge in [0.2, 0.25) is 0 Å². The van der Waals surface area contributed by atoms with Crippen molar-refractivity contribution in [2.45, 2.75) is 0 Å². The number of aromatic nitrogens is 1. The van der Waals surface area contributed by atoms with E-state index in [0.29, 0.717) is 5.75 Å². The van der Waals surface area contributed by atoms with E-state index in [9.17, 15) is 9.59 Å². The van der Waals surface area contributed by atoms with Crippen LogP contribution in [0.25, 0.3) is 21.0 Å². The zero-order valence-corrected chi connectivity index (χ0v) is 13.6. The minimum absolute atomic E-state index is 0.218. The number of carboxylic acids is 1. The number of pyridine rings is 1. The molecule has 0 saturated heterocycles. The second-order valence-electron chi connectivity index (χ2n) is 5.39. The van der Waals surface area contributed by atoms with Crippen LogP contribution in [0.4, 0.5) is 0 Å². The van der Waals surface area contributed by atoms with Gasteiger partial charge in [0, 0.05) is 10.1 Å². The molecule has 4 aromatic rings. The third kappa shape index (κ3) is 2.95. The molecule has 0 spiro atoms. The number of fused-ring (bicyclic) bond motifs is 2. The van der Waals surface area contributed by atoms with Gasteiger partial charge >= 0.3 is 11.9 Å². The summed E-state index contributed by atoms with van der Waals surface area (Å²) in [6, 6.07) is 17.5. The topological polar surface area (TPSA) is 76.5 Å². The van der Waals surface area contributed by atoms with Crippen LogP contribution >= 0.6 is 11.3 Å². The number of esters is 1. The highest BCUT2D eigenvalue weighted by Gasteiger charge is 2.13. The Morgan fingerprint density at radius 2 is 1.80 bits per heavy atom. The second kappa shape index (κ2) is 5.99. The number of nitrogens with zero attached hydrogens (tertiary/aromatic N) is 1. The number of benzene rings is 2. The zero-order chi connectivity index (χ0) is 17.4. The Morgan fingerprint density at radius 1 is 0.960 bits per heavy atom. The standard InChI is InChI=1S/C19H11NO4S/c21-18(22)17-10-12-9-13(6-8-16(12)25-17)24-19(23)15-7-5-11-3-1-2-4-14(11)20-15/h1-10H,(H,21,22). The number of carbonyl (C=O) groups excluding carboxylic acids is 1. The Bertz CT molecular complexity index is 1130. The Labute approximate surface area is 146 Å². The van der Waals surface area contributed by atoms with E-state index in [1.54, 1.807) is 30.3 Å². The maximum absolute atomic E-state index is 12.3. The van der Waals surface area contributed by atoms with Crippen molar-refractivity contribution in [3.05, 3.63) is 71.2 Å². The number of aromatic carboxylic acids is 1. The summed E-state index contributed by atoms with van der Waals surface area (Å²) < 4.78 is 6.20. The van der Waals surface area contributed by atoms with Crippen LogP contribution in [0.5, 0.6) is 5.75 Å². The monoisotopic (exact) mass is 349 g/mol. The summed E-state index contributed by atoms with van der Waals surface area (Å²) in [4.78, 5) is 27.9. The fourth-order valence-electron chi connectivity index (χ4n) is 2.53. The molecule has 0 aliphatic rings. The largest absolute Gasteiger partial charge is 0.477 e. The van der Waals surface area contributed by atoms with Crippen molar-refractivity contribution < 1.29 is 19.4 Å². The average Bonchev–Trinajstić information content (AvgIpc) is 3.05. The molecule has 0 amide bonds. The van der Waals surface area contributed by atoms with Gasteiger partial charge in [-0.15, -0.1) is 11.3 Å². The summed E-state index contributed by atoms with van der Waals surface area (Å²) in [6.07, 6.45) is 0. The summed E-state index contributed by atoms with van der Waals surface area (Å²) in [6.45, 7) is 0. The predicted molar refractivity (Wildman–Crippen MR) is 95.5 cm³/mol. The fourth-order valence-corrected chi connectivity index (χ4v) is 3.41. The summed E-state index contributed by atoms with van der Waals surface area (Å²) in [5.74, 6) is -1.18. The molecule has 4 rings (SSSR count). The van der Waals surface area contributed by atoms with Crippen molar-refractivity contribution >= 4 is 44.3 Å². The first-order chi connectivity index (χ1) is 12.1. The zero-order valence-electron chi connectivity index (χ0n) is 12.8. The van der Waals surface area contributed by atoms with Gasteiger partial charge in [-0.2, -0.15) is 0 Å². The molecule has 0 bridgehead atoms. The molecule has 1 N–H and O–H groups in total. The first kappa shape index (κ1) is 15.3. The van der Waals surface area contributed by atoms with E-state index in [2.05, 4.69) is 4.98 Å². The van der Waals surface area contributed by atoms with E-state index in [1.165, 1.54) is 11.3 Å². The van der Waals surface area contributed by atoms with E-state index in [1.807, 2.05) is 30.3 Å². The summed E-state index contributed by atoms with van der Waals surface area (Å²) in [7, 11) is 0.